The summed E-state index contributed by atoms with van der Waals surface area (Å²) in [5, 5.41) is 3.05. The largest absolute Gasteiger partial charge is 0.351 e. The monoisotopic (exact) mass is 365 g/mol. The van der Waals surface area contributed by atoms with Crippen molar-refractivity contribution < 1.29 is 9.59 Å². The highest BCUT2D eigenvalue weighted by Gasteiger charge is 2.30. The van der Waals surface area contributed by atoms with Crippen molar-refractivity contribution >= 4 is 11.8 Å². The highest BCUT2D eigenvalue weighted by molar-refractivity contribution is 5.93. The van der Waals surface area contributed by atoms with Gasteiger partial charge in [0.15, 0.2) is 0 Å². The second kappa shape index (κ2) is 8.82. The molecule has 0 bridgehead atoms. The third kappa shape index (κ3) is 4.95. The van der Waals surface area contributed by atoms with Crippen LogP contribution in [0.5, 0.6) is 0 Å². The van der Waals surface area contributed by atoms with E-state index in [-0.39, 0.29) is 17.9 Å². The fourth-order valence-electron chi connectivity index (χ4n) is 3.46. The van der Waals surface area contributed by atoms with Crippen LogP contribution >= 0.6 is 0 Å². The Morgan fingerprint density at radius 2 is 1.74 bits per heavy atom. The van der Waals surface area contributed by atoms with Crippen LogP contribution in [0.4, 0.5) is 0 Å². The molecule has 5 nitrogen and oxygen atoms in total. The lowest BCUT2D eigenvalue weighted by atomic mass is 10.1. The first-order valence-corrected chi connectivity index (χ1v) is 9.41. The van der Waals surface area contributed by atoms with E-state index in [9.17, 15) is 9.59 Å². The lowest BCUT2D eigenvalue weighted by Gasteiger charge is -2.23. The predicted octanol–water partition coefficient (Wildman–Crippen LogP) is 2.67. The molecule has 5 heteroatoms. The third-order valence-corrected chi connectivity index (χ3v) is 4.97. The SMILES string of the molecule is CN(C)C(=O)c1ccc(CNC(=O)C2CCCN2Cc2ccccc2)cc1. The van der Waals surface area contributed by atoms with Crippen molar-refractivity contribution in [2.75, 3.05) is 20.6 Å². The number of carbonyl (C=O) groups excluding carboxylic acids is 2. The maximum Gasteiger partial charge on any atom is 0.253 e. The molecule has 0 saturated carbocycles. The Morgan fingerprint density at radius 3 is 2.41 bits per heavy atom. The zero-order chi connectivity index (χ0) is 19.2. The fourth-order valence-corrected chi connectivity index (χ4v) is 3.46. The highest BCUT2D eigenvalue weighted by atomic mass is 16.2. The van der Waals surface area contributed by atoms with E-state index < -0.39 is 0 Å². The quantitative estimate of drug-likeness (QED) is 0.856. The Balaban J connectivity index is 1.54. The van der Waals surface area contributed by atoms with Crippen molar-refractivity contribution in [1.82, 2.24) is 15.1 Å². The van der Waals surface area contributed by atoms with Crippen LogP contribution in [-0.2, 0) is 17.9 Å². The van der Waals surface area contributed by atoms with Gasteiger partial charge in [0.25, 0.3) is 5.91 Å². The van der Waals surface area contributed by atoms with Gasteiger partial charge in [-0.2, -0.15) is 0 Å². The zero-order valence-electron chi connectivity index (χ0n) is 16.0. The van der Waals surface area contributed by atoms with Gasteiger partial charge in [-0.05, 0) is 42.6 Å². The van der Waals surface area contributed by atoms with Gasteiger partial charge in [0.1, 0.15) is 0 Å². The molecule has 1 aliphatic rings. The first-order valence-electron chi connectivity index (χ1n) is 9.41. The summed E-state index contributed by atoms with van der Waals surface area (Å²) in [7, 11) is 3.47. The molecule has 1 fully saturated rings. The molecule has 1 N–H and O–H groups in total. The van der Waals surface area contributed by atoms with E-state index in [0.29, 0.717) is 12.1 Å². The van der Waals surface area contributed by atoms with Crippen molar-refractivity contribution in [3.63, 3.8) is 0 Å². The number of hydrogen-bond acceptors (Lipinski definition) is 3. The van der Waals surface area contributed by atoms with Crippen LogP contribution in [0, 0.1) is 0 Å². The van der Waals surface area contributed by atoms with Crippen molar-refractivity contribution in [2.24, 2.45) is 0 Å². The molecule has 1 saturated heterocycles. The van der Waals surface area contributed by atoms with Gasteiger partial charge in [-0.3, -0.25) is 14.5 Å². The van der Waals surface area contributed by atoms with Crippen LogP contribution in [0.25, 0.3) is 0 Å². The van der Waals surface area contributed by atoms with Crippen molar-refractivity contribution in [2.45, 2.75) is 32.0 Å². The number of amides is 2. The van der Waals surface area contributed by atoms with Crippen LogP contribution in [-0.4, -0.2) is 48.3 Å². The Morgan fingerprint density at radius 1 is 1.04 bits per heavy atom. The van der Waals surface area contributed by atoms with Crippen LogP contribution in [0.1, 0.15) is 34.3 Å². The second-order valence-corrected chi connectivity index (χ2v) is 7.23. The lowest BCUT2D eigenvalue weighted by Crippen LogP contribution is -2.42. The van der Waals surface area contributed by atoms with E-state index in [1.54, 1.807) is 31.1 Å². The zero-order valence-corrected chi connectivity index (χ0v) is 16.0. The van der Waals surface area contributed by atoms with E-state index in [4.69, 9.17) is 0 Å². The molecule has 0 radical (unpaired) electrons. The summed E-state index contributed by atoms with van der Waals surface area (Å²) in [6.07, 6.45) is 1.95. The molecule has 27 heavy (non-hydrogen) atoms. The summed E-state index contributed by atoms with van der Waals surface area (Å²) >= 11 is 0. The van der Waals surface area contributed by atoms with Gasteiger partial charge in [0.2, 0.25) is 5.91 Å². The van der Waals surface area contributed by atoms with Gasteiger partial charge in [-0.15, -0.1) is 0 Å². The predicted molar refractivity (Wildman–Crippen MR) is 106 cm³/mol. The highest BCUT2D eigenvalue weighted by Crippen LogP contribution is 2.20. The molecule has 1 unspecified atom stereocenters. The van der Waals surface area contributed by atoms with E-state index in [1.165, 1.54) is 5.56 Å². The standard InChI is InChI=1S/C22H27N3O2/c1-24(2)22(27)19-12-10-17(11-13-19)15-23-21(26)20-9-6-14-25(20)16-18-7-4-3-5-8-18/h3-5,7-8,10-13,20H,6,9,14-16H2,1-2H3,(H,23,26). The van der Waals surface area contributed by atoms with Gasteiger partial charge in [-0.1, -0.05) is 42.5 Å². The van der Waals surface area contributed by atoms with Crippen molar-refractivity contribution in [3.05, 3.63) is 71.3 Å². The Kier molecular flexibility index (Phi) is 6.24. The van der Waals surface area contributed by atoms with Crippen molar-refractivity contribution in [1.29, 1.82) is 0 Å². The lowest BCUT2D eigenvalue weighted by molar-refractivity contribution is -0.125. The number of hydrogen-bond donors (Lipinski definition) is 1. The molecule has 2 amide bonds. The topological polar surface area (TPSA) is 52.7 Å². The molecule has 1 aliphatic heterocycles. The van der Waals surface area contributed by atoms with Crippen molar-refractivity contribution in [3.8, 4) is 0 Å². The minimum atomic E-state index is -0.0696. The van der Waals surface area contributed by atoms with Gasteiger partial charge in [-0.25, -0.2) is 0 Å². The number of rotatable bonds is 6. The Labute approximate surface area is 161 Å². The normalized spacial score (nSPS) is 16.9. The fraction of sp³-hybridized carbons (Fsp3) is 0.364. The third-order valence-electron chi connectivity index (χ3n) is 4.97. The Hall–Kier alpha value is -2.66. The molecule has 142 valence electrons. The van der Waals surface area contributed by atoms with Crippen LogP contribution < -0.4 is 5.32 Å². The molecular formula is C22H27N3O2. The average Bonchev–Trinajstić information content (AvgIpc) is 3.15. The maximum absolute atomic E-state index is 12.7. The van der Waals surface area contributed by atoms with E-state index in [0.717, 1.165) is 31.5 Å². The van der Waals surface area contributed by atoms with Crippen LogP contribution in [0.15, 0.2) is 54.6 Å². The van der Waals surface area contributed by atoms with Gasteiger partial charge in [0.05, 0.1) is 6.04 Å². The molecule has 0 aromatic heterocycles. The van der Waals surface area contributed by atoms with E-state index in [1.807, 2.05) is 30.3 Å². The minimum absolute atomic E-state index is 0.0203. The van der Waals surface area contributed by atoms with E-state index in [2.05, 4.69) is 22.3 Å². The van der Waals surface area contributed by atoms with Gasteiger partial charge in [0, 0.05) is 32.7 Å². The minimum Gasteiger partial charge on any atom is -0.351 e. The van der Waals surface area contributed by atoms with Gasteiger partial charge >= 0.3 is 0 Å². The molecule has 1 heterocycles. The molecule has 2 aromatic rings. The summed E-state index contributed by atoms with van der Waals surface area (Å²) < 4.78 is 0. The van der Waals surface area contributed by atoms with Gasteiger partial charge < -0.3 is 10.2 Å². The summed E-state index contributed by atoms with van der Waals surface area (Å²) in [6, 6.07) is 17.6. The first kappa shape index (κ1) is 19.1. The number of benzene rings is 2. The molecular weight excluding hydrogens is 338 g/mol. The summed E-state index contributed by atoms with van der Waals surface area (Å²) in [5.41, 5.74) is 2.88. The summed E-state index contributed by atoms with van der Waals surface area (Å²) in [6.45, 7) is 2.24. The summed E-state index contributed by atoms with van der Waals surface area (Å²) in [4.78, 5) is 28.4. The summed E-state index contributed by atoms with van der Waals surface area (Å²) in [5.74, 6) is 0.0602. The molecule has 2 aromatic carbocycles. The number of likely N-dealkylation sites (tertiary alicyclic amines) is 1. The number of nitrogens with zero attached hydrogens (tertiary/aromatic N) is 2. The number of nitrogens with one attached hydrogen (secondary N) is 1. The second-order valence-electron chi connectivity index (χ2n) is 7.23. The molecule has 0 spiro atoms. The smallest absolute Gasteiger partial charge is 0.253 e. The molecule has 1 atom stereocenters. The van der Waals surface area contributed by atoms with Crippen LogP contribution in [0.2, 0.25) is 0 Å². The molecule has 3 rings (SSSR count). The molecule has 0 aliphatic carbocycles. The number of carbonyl (C=O) groups is 2. The average molecular weight is 365 g/mol. The first-order chi connectivity index (χ1) is 13.0. The maximum atomic E-state index is 12.7. The van der Waals surface area contributed by atoms with Crippen LogP contribution in [0.3, 0.4) is 0 Å². The van der Waals surface area contributed by atoms with E-state index >= 15 is 0 Å². The Bertz CT molecular complexity index is 772.